The fourth-order valence-electron chi connectivity index (χ4n) is 2.72. The lowest BCUT2D eigenvalue weighted by Gasteiger charge is -2.21. The van der Waals surface area contributed by atoms with E-state index in [9.17, 15) is 31.2 Å². The molecule has 0 saturated heterocycles. The maximum absolute atomic E-state index is 12.7. The summed E-state index contributed by atoms with van der Waals surface area (Å²) < 4.78 is 63.3. The molecule has 0 fully saturated rings. The topological polar surface area (TPSA) is 92.3 Å². The first-order valence-corrected chi connectivity index (χ1v) is 11.3. The van der Waals surface area contributed by atoms with Gasteiger partial charge in [-0.15, -0.1) is 11.8 Å². The van der Waals surface area contributed by atoms with E-state index >= 15 is 0 Å². The zero-order chi connectivity index (χ0) is 22.1. The van der Waals surface area contributed by atoms with Gasteiger partial charge in [-0.25, -0.2) is 8.42 Å². The highest BCUT2D eigenvalue weighted by Gasteiger charge is 2.30. The number of thioether (sulfide) groups is 1. The van der Waals surface area contributed by atoms with Crippen molar-refractivity contribution in [1.82, 2.24) is 0 Å². The van der Waals surface area contributed by atoms with E-state index in [1.165, 1.54) is 30.0 Å². The first-order chi connectivity index (χ1) is 14.0. The largest absolute Gasteiger partial charge is 0.416 e. The van der Waals surface area contributed by atoms with Crippen LogP contribution in [0.25, 0.3) is 0 Å². The maximum Gasteiger partial charge on any atom is 0.416 e. The number of amides is 2. The number of sulfone groups is 1. The van der Waals surface area contributed by atoms with Crippen LogP contribution in [-0.2, 0) is 25.6 Å². The van der Waals surface area contributed by atoms with Crippen LogP contribution in [0.3, 0.4) is 0 Å². The molecule has 0 aromatic heterocycles. The van der Waals surface area contributed by atoms with Gasteiger partial charge in [-0.3, -0.25) is 9.59 Å². The van der Waals surface area contributed by atoms with Gasteiger partial charge >= 0.3 is 6.18 Å². The van der Waals surface area contributed by atoms with E-state index in [-0.39, 0.29) is 21.7 Å². The third-order valence-electron chi connectivity index (χ3n) is 4.31. The summed E-state index contributed by atoms with van der Waals surface area (Å²) in [6, 6.07) is 8.40. The molecule has 0 bridgehead atoms. The second-order valence-electron chi connectivity index (χ2n) is 6.60. The maximum atomic E-state index is 12.7. The lowest BCUT2D eigenvalue weighted by atomic mass is 10.2. The van der Waals surface area contributed by atoms with Gasteiger partial charge in [0.15, 0.2) is 9.84 Å². The third-order valence-corrected chi connectivity index (χ3v) is 7.20. The Morgan fingerprint density at radius 3 is 2.63 bits per heavy atom. The van der Waals surface area contributed by atoms with Gasteiger partial charge < -0.3 is 10.6 Å². The van der Waals surface area contributed by atoms with Crippen LogP contribution in [0.15, 0.2) is 52.3 Å². The van der Waals surface area contributed by atoms with Crippen LogP contribution in [0.4, 0.5) is 24.5 Å². The number of hydrogen-bond donors (Lipinski definition) is 2. The van der Waals surface area contributed by atoms with Crippen LogP contribution in [-0.4, -0.2) is 31.2 Å². The van der Waals surface area contributed by atoms with Gasteiger partial charge in [-0.05, 0) is 43.3 Å². The Labute approximate surface area is 175 Å². The number of rotatable bonds is 5. The first-order valence-electron chi connectivity index (χ1n) is 8.77. The number of benzene rings is 2. The molecule has 11 heteroatoms. The number of nitrogens with one attached hydrogen (secondary N) is 2. The van der Waals surface area contributed by atoms with E-state index in [1.54, 1.807) is 13.0 Å². The minimum atomic E-state index is -4.55. The average molecular weight is 458 g/mol. The van der Waals surface area contributed by atoms with Gasteiger partial charge in [-0.1, -0.05) is 6.07 Å². The summed E-state index contributed by atoms with van der Waals surface area (Å²) in [5.41, 5.74) is -0.608. The number of halogens is 3. The SMILES string of the molecule is CC1Sc2ccc(S(=O)(=O)CCC(=O)Nc3cccc(C(F)(F)F)c3)cc2NC1=O. The highest BCUT2D eigenvalue weighted by atomic mass is 32.2. The monoisotopic (exact) mass is 458 g/mol. The van der Waals surface area contributed by atoms with Crippen molar-refractivity contribution in [3.05, 3.63) is 48.0 Å². The van der Waals surface area contributed by atoms with Crippen molar-refractivity contribution >= 4 is 44.8 Å². The standard InChI is InChI=1S/C19H17F3N2O4S2/c1-11-18(26)24-15-10-14(5-6-16(15)29-11)30(27,28)8-7-17(25)23-13-4-2-3-12(9-13)19(20,21)22/h2-6,9-11H,7-8H2,1H3,(H,23,25)(H,24,26). The van der Waals surface area contributed by atoms with Crippen LogP contribution in [0.1, 0.15) is 18.9 Å². The summed E-state index contributed by atoms with van der Waals surface area (Å²) >= 11 is 1.31. The van der Waals surface area contributed by atoms with Gasteiger partial charge in [0.1, 0.15) is 0 Å². The van der Waals surface area contributed by atoms with Crippen molar-refractivity contribution in [3.8, 4) is 0 Å². The molecule has 2 aromatic rings. The quantitative estimate of drug-likeness (QED) is 0.708. The van der Waals surface area contributed by atoms with E-state index < -0.39 is 39.7 Å². The molecule has 3 rings (SSSR count). The number of carbonyl (C=O) groups excluding carboxylic acids is 2. The van der Waals surface area contributed by atoms with E-state index in [0.717, 1.165) is 23.1 Å². The zero-order valence-electron chi connectivity index (χ0n) is 15.6. The second kappa shape index (κ2) is 8.31. The Hall–Kier alpha value is -2.53. The molecule has 1 unspecified atom stereocenters. The predicted octanol–water partition coefficient (Wildman–Crippen LogP) is 3.94. The summed E-state index contributed by atoms with van der Waals surface area (Å²) in [6.07, 6.45) is -4.99. The van der Waals surface area contributed by atoms with Gasteiger partial charge in [0.05, 0.1) is 27.1 Å². The molecule has 6 nitrogen and oxygen atoms in total. The molecule has 0 radical (unpaired) electrons. The Morgan fingerprint density at radius 1 is 1.20 bits per heavy atom. The minimum absolute atomic E-state index is 0.0522. The van der Waals surface area contributed by atoms with Crippen LogP contribution in [0, 0.1) is 0 Å². The molecule has 160 valence electrons. The van der Waals surface area contributed by atoms with Crippen molar-refractivity contribution in [2.75, 3.05) is 16.4 Å². The molecule has 2 amide bonds. The van der Waals surface area contributed by atoms with Gasteiger partial charge in [0.2, 0.25) is 11.8 Å². The molecule has 1 atom stereocenters. The van der Waals surface area contributed by atoms with Crippen LogP contribution < -0.4 is 10.6 Å². The van der Waals surface area contributed by atoms with Crippen molar-refractivity contribution < 1.29 is 31.2 Å². The molecule has 1 heterocycles. The van der Waals surface area contributed by atoms with Crippen molar-refractivity contribution in [1.29, 1.82) is 0 Å². The van der Waals surface area contributed by atoms with Crippen molar-refractivity contribution in [3.63, 3.8) is 0 Å². The van der Waals surface area contributed by atoms with E-state index in [4.69, 9.17) is 0 Å². The molecule has 30 heavy (non-hydrogen) atoms. The molecule has 0 saturated carbocycles. The number of hydrogen-bond acceptors (Lipinski definition) is 5. The highest BCUT2D eigenvalue weighted by molar-refractivity contribution is 8.01. The highest BCUT2D eigenvalue weighted by Crippen LogP contribution is 2.37. The molecule has 0 spiro atoms. The van der Waals surface area contributed by atoms with Crippen LogP contribution in [0.5, 0.6) is 0 Å². The number of anilines is 2. The molecule has 2 N–H and O–H groups in total. The van der Waals surface area contributed by atoms with Crippen LogP contribution in [0.2, 0.25) is 0 Å². The fraction of sp³-hybridized carbons (Fsp3) is 0.263. The number of fused-ring (bicyclic) bond motifs is 1. The van der Waals surface area contributed by atoms with Crippen molar-refractivity contribution in [2.24, 2.45) is 0 Å². The normalized spacial score (nSPS) is 16.5. The van der Waals surface area contributed by atoms with Gasteiger partial charge in [-0.2, -0.15) is 13.2 Å². The average Bonchev–Trinajstić information content (AvgIpc) is 2.66. The molecule has 1 aliphatic rings. The Morgan fingerprint density at radius 2 is 1.93 bits per heavy atom. The third kappa shape index (κ3) is 5.14. The van der Waals surface area contributed by atoms with E-state index in [0.29, 0.717) is 5.69 Å². The van der Waals surface area contributed by atoms with E-state index in [1.807, 2.05) is 0 Å². The zero-order valence-corrected chi connectivity index (χ0v) is 17.2. The molecule has 0 aliphatic carbocycles. The predicted molar refractivity (Wildman–Crippen MR) is 107 cm³/mol. The Bertz CT molecular complexity index is 1100. The summed E-state index contributed by atoms with van der Waals surface area (Å²) in [6.45, 7) is 1.73. The Kier molecular flexibility index (Phi) is 6.14. The summed E-state index contributed by atoms with van der Waals surface area (Å²) in [4.78, 5) is 24.5. The van der Waals surface area contributed by atoms with Gasteiger partial charge in [0.25, 0.3) is 0 Å². The lowest BCUT2D eigenvalue weighted by Crippen LogP contribution is -2.26. The molecule has 2 aromatic carbocycles. The smallest absolute Gasteiger partial charge is 0.326 e. The summed E-state index contributed by atoms with van der Waals surface area (Å²) in [5.74, 6) is -1.50. The lowest BCUT2D eigenvalue weighted by molar-refractivity contribution is -0.137. The summed E-state index contributed by atoms with van der Waals surface area (Å²) in [5, 5.41) is 4.62. The fourth-order valence-corrected chi connectivity index (χ4v) is 4.92. The molecular weight excluding hydrogens is 441 g/mol. The number of alkyl halides is 3. The minimum Gasteiger partial charge on any atom is -0.326 e. The Balaban J connectivity index is 1.66. The first kappa shape index (κ1) is 22.2. The second-order valence-corrected chi connectivity index (χ2v) is 10.1. The van der Waals surface area contributed by atoms with Crippen molar-refractivity contribution in [2.45, 2.75) is 34.6 Å². The van der Waals surface area contributed by atoms with Crippen LogP contribution >= 0.6 is 11.8 Å². The molecular formula is C19H17F3N2O4S2. The van der Waals surface area contributed by atoms with Gasteiger partial charge in [0, 0.05) is 17.0 Å². The number of carbonyl (C=O) groups is 2. The molecule has 1 aliphatic heterocycles. The summed E-state index contributed by atoms with van der Waals surface area (Å²) in [7, 11) is -3.84. The van der Waals surface area contributed by atoms with E-state index in [2.05, 4.69) is 10.6 Å².